The third-order valence-electron chi connectivity index (χ3n) is 5.98. The number of aliphatic hydroxyl groups is 1. The van der Waals surface area contributed by atoms with Gasteiger partial charge in [-0.2, -0.15) is 0 Å². The van der Waals surface area contributed by atoms with Gasteiger partial charge in [-0.3, -0.25) is 4.90 Å². The third kappa shape index (κ3) is 2.89. The highest BCUT2D eigenvalue weighted by molar-refractivity contribution is 5.30. The van der Waals surface area contributed by atoms with E-state index in [1.165, 1.54) is 36.1 Å². The number of nitrogens with zero attached hydrogens (tertiary/aromatic N) is 1. The van der Waals surface area contributed by atoms with Crippen LogP contribution in [0.1, 0.15) is 49.3 Å². The second kappa shape index (κ2) is 5.73. The molecule has 3 atom stereocenters. The normalized spacial score (nSPS) is 33.1. The standard InChI is InChI=1S/C19H29NO/c1-4-19(21)9-5-6-17-12-20(13-18(17)19)11-16-8-7-14(2)15(3)10-16/h7-8,10,17-18,21H,4-6,9,11-13H2,1-3H3/t17-,18+,19-/m1/s1. The molecule has 1 saturated carbocycles. The van der Waals surface area contributed by atoms with E-state index in [1.807, 2.05) is 0 Å². The summed E-state index contributed by atoms with van der Waals surface area (Å²) in [5.41, 5.74) is 3.76. The molecular formula is C19H29NO. The summed E-state index contributed by atoms with van der Waals surface area (Å²) in [6, 6.07) is 6.82. The molecule has 1 aliphatic heterocycles. The predicted molar refractivity (Wildman–Crippen MR) is 87.3 cm³/mol. The van der Waals surface area contributed by atoms with Crippen molar-refractivity contribution < 1.29 is 5.11 Å². The molecule has 116 valence electrons. The topological polar surface area (TPSA) is 23.5 Å². The maximum atomic E-state index is 10.9. The zero-order valence-corrected chi connectivity index (χ0v) is 13.7. The Morgan fingerprint density at radius 3 is 2.76 bits per heavy atom. The monoisotopic (exact) mass is 287 g/mol. The molecule has 1 N–H and O–H groups in total. The average Bonchev–Trinajstić information content (AvgIpc) is 2.87. The molecule has 2 aliphatic rings. The molecule has 0 aromatic heterocycles. The van der Waals surface area contributed by atoms with Crippen molar-refractivity contribution >= 4 is 0 Å². The fourth-order valence-corrected chi connectivity index (χ4v) is 4.45. The fourth-order valence-electron chi connectivity index (χ4n) is 4.45. The van der Waals surface area contributed by atoms with Crippen molar-refractivity contribution in [3.63, 3.8) is 0 Å². The molecule has 1 aromatic carbocycles. The zero-order valence-electron chi connectivity index (χ0n) is 13.7. The summed E-state index contributed by atoms with van der Waals surface area (Å²) in [7, 11) is 0. The summed E-state index contributed by atoms with van der Waals surface area (Å²) in [5.74, 6) is 1.19. The summed E-state index contributed by atoms with van der Waals surface area (Å²) >= 11 is 0. The van der Waals surface area contributed by atoms with Crippen molar-refractivity contribution in [3.05, 3.63) is 34.9 Å². The van der Waals surface area contributed by atoms with Crippen LogP contribution in [0.3, 0.4) is 0 Å². The van der Waals surface area contributed by atoms with Crippen molar-refractivity contribution in [2.45, 2.75) is 58.6 Å². The molecule has 0 bridgehead atoms. The average molecular weight is 287 g/mol. The van der Waals surface area contributed by atoms with Crippen LogP contribution in [0.4, 0.5) is 0 Å². The lowest BCUT2D eigenvalue weighted by atomic mass is 9.69. The van der Waals surface area contributed by atoms with Gasteiger partial charge in [0.1, 0.15) is 0 Å². The summed E-state index contributed by atoms with van der Waals surface area (Å²) in [6.07, 6.45) is 4.41. The first-order chi connectivity index (χ1) is 10.0. The van der Waals surface area contributed by atoms with E-state index in [1.54, 1.807) is 0 Å². The smallest absolute Gasteiger partial charge is 0.0688 e. The van der Waals surface area contributed by atoms with Gasteiger partial charge in [0, 0.05) is 25.6 Å². The third-order valence-corrected chi connectivity index (χ3v) is 5.98. The highest BCUT2D eigenvalue weighted by atomic mass is 16.3. The number of hydrogen-bond donors (Lipinski definition) is 1. The Morgan fingerprint density at radius 1 is 1.24 bits per heavy atom. The van der Waals surface area contributed by atoms with Gasteiger partial charge in [-0.15, -0.1) is 0 Å². The predicted octanol–water partition coefficient (Wildman–Crippen LogP) is 3.68. The van der Waals surface area contributed by atoms with E-state index < -0.39 is 5.60 Å². The largest absolute Gasteiger partial charge is 0.390 e. The van der Waals surface area contributed by atoms with Crippen LogP contribution in [0.25, 0.3) is 0 Å². The number of hydrogen-bond acceptors (Lipinski definition) is 2. The molecule has 3 rings (SSSR count). The van der Waals surface area contributed by atoms with Crippen LogP contribution < -0.4 is 0 Å². The molecule has 1 aromatic rings. The van der Waals surface area contributed by atoms with Gasteiger partial charge < -0.3 is 5.11 Å². The highest BCUT2D eigenvalue weighted by Gasteiger charge is 2.47. The van der Waals surface area contributed by atoms with Crippen LogP contribution in [0.2, 0.25) is 0 Å². The molecule has 1 aliphatic carbocycles. The molecule has 1 heterocycles. The summed E-state index contributed by atoms with van der Waals surface area (Å²) in [5, 5.41) is 10.9. The van der Waals surface area contributed by atoms with E-state index in [0.717, 1.165) is 25.9 Å². The van der Waals surface area contributed by atoms with Gasteiger partial charge in [-0.25, -0.2) is 0 Å². The minimum atomic E-state index is -0.402. The maximum absolute atomic E-state index is 10.9. The Labute approximate surface area is 129 Å². The molecule has 0 amide bonds. The Morgan fingerprint density at radius 2 is 2.05 bits per heavy atom. The highest BCUT2D eigenvalue weighted by Crippen LogP contribution is 2.44. The second-order valence-corrected chi connectivity index (χ2v) is 7.33. The maximum Gasteiger partial charge on any atom is 0.0688 e. The lowest BCUT2D eigenvalue weighted by molar-refractivity contribution is -0.0613. The van der Waals surface area contributed by atoms with E-state index in [0.29, 0.717) is 11.8 Å². The number of fused-ring (bicyclic) bond motifs is 1. The first-order valence-electron chi connectivity index (χ1n) is 8.52. The molecule has 2 nitrogen and oxygen atoms in total. The fraction of sp³-hybridized carbons (Fsp3) is 0.684. The Hall–Kier alpha value is -0.860. The SMILES string of the molecule is CC[C@@]1(O)CCC[C@@H]2CN(Cc3ccc(C)c(C)c3)C[C@@H]21. The summed E-state index contributed by atoms with van der Waals surface area (Å²) < 4.78 is 0. The molecule has 2 heteroatoms. The van der Waals surface area contributed by atoms with Crippen LogP contribution in [-0.2, 0) is 6.54 Å². The second-order valence-electron chi connectivity index (χ2n) is 7.33. The number of benzene rings is 1. The Kier molecular flexibility index (Phi) is 4.11. The van der Waals surface area contributed by atoms with Gasteiger partial charge in [-0.1, -0.05) is 31.5 Å². The van der Waals surface area contributed by atoms with Gasteiger partial charge in [0.15, 0.2) is 0 Å². The summed E-state index contributed by atoms with van der Waals surface area (Å²) in [4.78, 5) is 2.56. The van der Waals surface area contributed by atoms with E-state index in [-0.39, 0.29) is 0 Å². The minimum Gasteiger partial charge on any atom is -0.390 e. The Balaban J connectivity index is 1.70. The van der Waals surface area contributed by atoms with Crippen molar-refractivity contribution in [1.82, 2.24) is 4.90 Å². The van der Waals surface area contributed by atoms with Crippen LogP contribution in [0, 0.1) is 25.7 Å². The molecule has 0 radical (unpaired) electrons. The quantitative estimate of drug-likeness (QED) is 0.917. The van der Waals surface area contributed by atoms with E-state index in [9.17, 15) is 5.11 Å². The lowest BCUT2D eigenvalue weighted by Crippen LogP contribution is -2.44. The minimum absolute atomic E-state index is 0.402. The van der Waals surface area contributed by atoms with Crippen LogP contribution >= 0.6 is 0 Å². The number of likely N-dealkylation sites (tertiary alicyclic amines) is 1. The molecule has 21 heavy (non-hydrogen) atoms. The zero-order chi connectivity index (χ0) is 15.0. The number of aryl methyl sites for hydroxylation is 2. The van der Waals surface area contributed by atoms with Crippen molar-refractivity contribution in [2.24, 2.45) is 11.8 Å². The first-order valence-corrected chi connectivity index (χ1v) is 8.52. The van der Waals surface area contributed by atoms with Crippen molar-refractivity contribution in [3.8, 4) is 0 Å². The van der Waals surface area contributed by atoms with Crippen LogP contribution in [0.5, 0.6) is 0 Å². The van der Waals surface area contributed by atoms with E-state index >= 15 is 0 Å². The van der Waals surface area contributed by atoms with Gasteiger partial charge in [0.25, 0.3) is 0 Å². The Bertz CT molecular complexity index is 512. The molecular weight excluding hydrogens is 258 g/mol. The molecule has 0 spiro atoms. The van der Waals surface area contributed by atoms with E-state index in [4.69, 9.17) is 0 Å². The molecule has 1 saturated heterocycles. The molecule has 2 fully saturated rings. The van der Waals surface area contributed by atoms with Crippen molar-refractivity contribution in [1.29, 1.82) is 0 Å². The van der Waals surface area contributed by atoms with E-state index in [2.05, 4.69) is 43.9 Å². The van der Waals surface area contributed by atoms with Crippen molar-refractivity contribution in [2.75, 3.05) is 13.1 Å². The van der Waals surface area contributed by atoms with Gasteiger partial charge in [-0.05, 0) is 55.7 Å². The molecule has 0 unspecified atom stereocenters. The van der Waals surface area contributed by atoms with Gasteiger partial charge in [0.05, 0.1) is 5.60 Å². The summed E-state index contributed by atoms with van der Waals surface area (Å²) in [6.45, 7) is 9.79. The lowest BCUT2D eigenvalue weighted by Gasteiger charge is -2.40. The van der Waals surface area contributed by atoms with Gasteiger partial charge >= 0.3 is 0 Å². The van der Waals surface area contributed by atoms with Crippen LogP contribution in [-0.4, -0.2) is 28.7 Å². The van der Waals surface area contributed by atoms with Crippen LogP contribution in [0.15, 0.2) is 18.2 Å². The number of rotatable bonds is 3. The first kappa shape index (κ1) is 15.1. The van der Waals surface area contributed by atoms with Gasteiger partial charge in [0.2, 0.25) is 0 Å².